The molecule has 1 unspecified atom stereocenters. The summed E-state index contributed by atoms with van der Waals surface area (Å²) in [7, 11) is 0. The molecule has 0 N–H and O–H groups in total. The zero-order valence-electron chi connectivity index (χ0n) is 21.1. The molecule has 6 rings (SSSR count). The van der Waals surface area contributed by atoms with Crippen molar-refractivity contribution in [1.82, 2.24) is 4.57 Å². The van der Waals surface area contributed by atoms with Gasteiger partial charge in [0.1, 0.15) is 12.6 Å². The highest BCUT2D eigenvalue weighted by atomic mass is 19.4. The van der Waals surface area contributed by atoms with Gasteiger partial charge in [-0.25, -0.2) is 4.99 Å². The molecule has 0 aliphatic carbocycles. The lowest BCUT2D eigenvalue weighted by molar-refractivity contribution is -0.138. The Kier molecular flexibility index (Phi) is 6.12. The van der Waals surface area contributed by atoms with E-state index >= 15 is 0 Å². The van der Waals surface area contributed by atoms with Crippen LogP contribution in [0.1, 0.15) is 18.1 Å². The molecule has 2 heterocycles. The first-order chi connectivity index (χ1) is 19.0. The van der Waals surface area contributed by atoms with Gasteiger partial charge >= 0.3 is 12.4 Å². The number of aliphatic imine (C=N–C) groups is 1. The lowest BCUT2D eigenvalue weighted by atomic mass is 9.98. The zero-order valence-corrected chi connectivity index (χ0v) is 21.1. The quantitative estimate of drug-likeness (QED) is 0.205. The highest BCUT2D eigenvalue weighted by Crippen LogP contribution is 2.38. The minimum absolute atomic E-state index is 0.120. The fourth-order valence-corrected chi connectivity index (χ4v) is 5.26. The van der Waals surface area contributed by atoms with Crippen molar-refractivity contribution >= 4 is 27.7 Å². The fraction of sp³-hybridized carbons (Fsp3) is 0.194. The monoisotopic (exact) mass is 552 g/mol. The summed E-state index contributed by atoms with van der Waals surface area (Å²) in [5, 5.41) is 1.55. The summed E-state index contributed by atoms with van der Waals surface area (Å²) in [5.41, 5.74) is 2.22. The first-order valence-corrected chi connectivity index (χ1v) is 12.6. The molecule has 40 heavy (non-hydrogen) atoms. The van der Waals surface area contributed by atoms with Crippen molar-refractivity contribution in [2.75, 3.05) is 6.61 Å². The smallest absolute Gasteiger partial charge is 0.416 e. The first-order valence-electron chi connectivity index (χ1n) is 12.6. The average molecular weight is 553 g/mol. The third-order valence-corrected chi connectivity index (χ3v) is 7.15. The SMILES string of the molecule is CC1=NC(Cn2c3ccc(-c4cccc(C(F)(F)F)c4)cc3c3cc(-c4cccc(C(F)(F)F)c4)ccc32)CO1. The molecule has 1 aliphatic rings. The van der Waals surface area contributed by atoms with Crippen molar-refractivity contribution in [2.45, 2.75) is 31.9 Å². The predicted molar refractivity (Wildman–Crippen MR) is 143 cm³/mol. The van der Waals surface area contributed by atoms with Gasteiger partial charge in [0.15, 0.2) is 5.90 Å². The Morgan fingerprint density at radius 3 is 1.60 bits per heavy atom. The van der Waals surface area contributed by atoms with E-state index in [-0.39, 0.29) is 6.04 Å². The van der Waals surface area contributed by atoms with Crippen molar-refractivity contribution < 1.29 is 31.1 Å². The normalized spacial score (nSPS) is 16.0. The van der Waals surface area contributed by atoms with Crippen LogP contribution < -0.4 is 0 Å². The Morgan fingerprint density at radius 2 is 1.18 bits per heavy atom. The van der Waals surface area contributed by atoms with Crippen molar-refractivity contribution in [3.8, 4) is 22.3 Å². The van der Waals surface area contributed by atoms with Gasteiger partial charge in [0.2, 0.25) is 0 Å². The minimum Gasteiger partial charge on any atom is -0.479 e. The summed E-state index contributed by atoms with van der Waals surface area (Å²) in [6, 6.07) is 21.1. The third-order valence-electron chi connectivity index (χ3n) is 7.15. The number of rotatable bonds is 4. The van der Waals surface area contributed by atoms with Crippen LogP contribution in [0.2, 0.25) is 0 Å². The Hall–Kier alpha value is -4.27. The number of benzene rings is 4. The lowest BCUT2D eigenvalue weighted by Gasteiger charge is -2.12. The molecule has 204 valence electrons. The molecule has 0 saturated heterocycles. The molecule has 0 amide bonds. The van der Waals surface area contributed by atoms with E-state index in [4.69, 9.17) is 4.74 Å². The van der Waals surface area contributed by atoms with E-state index in [1.807, 2.05) is 24.3 Å². The van der Waals surface area contributed by atoms with Crippen LogP contribution in [0.4, 0.5) is 26.3 Å². The highest BCUT2D eigenvalue weighted by molar-refractivity contribution is 6.10. The van der Waals surface area contributed by atoms with Crippen LogP contribution in [-0.2, 0) is 23.6 Å². The van der Waals surface area contributed by atoms with E-state index < -0.39 is 23.5 Å². The Labute approximate surface area is 225 Å². The summed E-state index contributed by atoms with van der Waals surface area (Å²) in [5.74, 6) is 0.601. The van der Waals surface area contributed by atoms with E-state index in [0.29, 0.717) is 41.3 Å². The van der Waals surface area contributed by atoms with E-state index in [1.54, 1.807) is 31.2 Å². The largest absolute Gasteiger partial charge is 0.479 e. The van der Waals surface area contributed by atoms with Crippen LogP contribution in [0.15, 0.2) is 89.9 Å². The van der Waals surface area contributed by atoms with Crippen LogP contribution in [0, 0.1) is 0 Å². The summed E-state index contributed by atoms with van der Waals surface area (Å²) in [6.07, 6.45) is -8.95. The summed E-state index contributed by atoms with van der Waals surface area (Å²) in [4.78, 5) is 4.53. The molecule has 1 aliphatic heterocycles. The van der Waals surface area contributed by atoms with E-state index in [0.717, 1.165) is 46.1 Å². The number of fused-ring (bicyclic) bond motifs is 3. The van der Waals surface area contributed by atoms with Gasteiger partial charge < -0.3 is 9.30 Å². The standard InChI is InChI=1S/C31H22F6N2O/c1-18-38-25(17-40-18)16-39-28-10-8-21(19-4-2-6-23(12-19)30(32,33)34)14-26(28)27-15-22(9-11-29(27)39)20-5-3-7-24(13-20)31(35,36)37/h2-15,25H,16-17H2,1H3. The maximum atomic E-state index is 13.4. The lowest BCUT2D eigenvalue weighted by Crippen LogP contribution is -2.15. The predicted octanol–water partition coefficient (Wildman–Crippen LogP) is 8.98. The van der Waals surface area contributed by atoms with Gasteiger partial charge in [-0.1, -0.05) is 36.4 Å². The average Bonchev–Trinajstić information content (AvgIpc) is 3.48. The van der Waals surface area contributed by atoms with Gasteiger partial charge in [-0.3, -0.25) is 0 Å². The number of ether oxygens (including phenoxy) is 1. The maximum absolute atomic E-state index is 13.4. The van der Waals surface area contributed by atoms with Gasteiger partial charge in [-0.15, -0.1) is 0 Å². The number of alkyl halides is 6. The van der Waals surface area contributed by atoms with Crippen LogP contribution in [-0.4, -0.2) is 23.1 Å². The second-order valence-electron chi connectivity index (χ2n) is 9.84. The van der Waals surface area contributed by atoms with Crippen LogP contribution in [0.3, 0.4) is 0 Å². The van der Waals surface area contributed by atoms with Gasteiger partial charge in [-0.2, -0.15) is 26.3 Å². The summed E-state index contributed by atoms with van der Waals surface area (Å²) in [6.45, 7) is 2.72. The number of aromatic nitrogens is 1. The summed E-state index contributed by atoms with van der Waals surface area (Å²) >= 11 is 0. The topological polar surface area (TPSA) is 26.5 Å². The molecule has 0 saturated carbocycles. The molecule has 5 aromatic rings. The second-order valence-corrected chi connectivity index (χ2v) is 9.84. The van der Waals surface area contributed by atoms with Crippen molar-refractivity contribution in [3.63, 3.8) is 0 Å². The minimum atomic E-state index is -4.47. The number of hydrogen-bond donors (Lipinski definition) is 0. The van der Waals surface area contributed by atoms with Crippen molar-refractivity contribution in [3.05, 3.63) is 96.1 Å². The molecule has 1 aromatic heterocycles. The van der Waals surface area contributed by atoms with Crippen molar-refractivity contribution in [1.29, 1.82) is 0 Å². The van der Waals surface area contributed by atoms with E-state index in [9.17, 15) is 26.3 Å². The molecule has 9 heteroatoms. The van der Waals surface area contributed by atoms with Gasteiger partial charge in [0.05, 0.1) is 11.1 Å². The number of halogens is 6. The number of hydrogen-bond acceptors (Lipinski definition) is 2. The molecule has 3 nitrogen and oxygen atoms in total. The van der Waals surface area contributed by atoms with Crippen molar-refractivity contribution in [2.24, 2.45) is 4.99 Å². The molecular weight excluding hydrogens is 530 g/mol. The van der Waals surface area contributed by atoms with Crippen LogP contribution in [0.25, 0.3) is 44.1 Å². The fourth-order valence-electron chi connectivity index (χ4n) is 5.26. The van der Waals surface area contributed by atoms with Gasteiger partial charge in [-0.05, 0) is 70.8 Å². The third kappa shape index (κ3) is 4.80. The highest BCUT2D eigenvalue weighted by Gasteiger charge is 2.31. The molecule has 0 fully saturated rings. The summed E-state index contributed by atoms with van der Waals surface area (Å²) < 4.78 is 87.9. The zero-order chi connectivity index (χ0) is 28.2. The molecule has 0 radical (unpaired) electrons. The molecule has 1 atom stereocenters. The molecule has 0 spiro atoms. The van der Waals surface area contributed by atoms with Crippen LogP contribution >= 0.6 is 0 Å². The Bertz CT molecular complexity index is 1670. The first kappa shape index (κ1) is 26.0. The Balaban J connectivity index is 1.53. The second kappa shape index (κ2) is 9.43. The molecule has 4 aromatic carbocycles. The van der Waals surface area contributed by atoms with Gasteiger partial charge in [0.25, 0.3) is 0 Å². The molecular formula is C31H22F6N2O. The molecule has 0 bridgehead atoms. The maximum Gasteiger partial charge on any atom is 0.416 e. The Morgan fingerprint density at radius 1 is 0.700 bits per heavy atom. The van der Waals surface area contributed by atoms with Crippen LogP contribution in [0.5, 0.6) is 0 Å². The number of nitrogens with zero attached hydrogens (tertiary/aromatic N) is 2. The van der Waals surface area contributed by atoms with E-state index in [1.165, 1.54) is 12.1 Å². The van der Waals surface area contributed by atoms with E-state index in [2.05, 4.69) is 9.56 Å². The van der Waals surface area contributed by atoms with Gasteiger partial charge in [0, 0.05) is 35.3 Å².